The van der Waals surface area contributed by atoms with Crippen molar-refractivity contribution in [1.82, 2.24) is 5.43 Å². The Morgan fingerprint density at radius 1 is 0.906 bits per heavy atom. The highest BCUT2D eigenvalue weighted by Crippen LogP contribution is 2.26. The third kappa shape index (κ3) is 6.01. The first-order valence-corrected chi connectivity index (χ1v) is 11.9. The van der Waals surface area contributed by atoms with E-state index in [9.17, 15) is 13.2 Å². The number of halogens is 3. The average Bonchev–Trinajstić information content (AvgIpc) is 2.76. The molecular formula is C22H18Cl3N3O3S. The average molecular weight is 511 g/mol. The Morgan fingerprint density at radius 2 is 1.50 bits per heavy atom. The van der Waals surface area contributed by atoms with Crippen molar-refractivity contribution in [1.29, 1.82) is 0 Å². The number of nitrogens with zero attached hydrogens (tertiary/aromatic N) is 2. The van der Waals surface area contributed by atoms with E-state index in [2.05, 4.69) is 10.5 Å². The summed E-state index contributed by atoms with van der Waals surface area (Å²) >= 11 is 17.8. The van der Waals surface area contributed by atoms with Crippen LogP contribution in [0.5, 0.6) is 0 Å². The van der Waals surface area contributed by atoms with Crippen LogP contribution in [-0.2, 0) is 14.8 Å². The summed E-state index contributed by atoms with van der Waals surface area (Å²) in [6.45, 7) is 1.20. The number of amides is 1. The van der Waals surface area contributed by atoms with Crippen molar-refractivity contribution >= 4 is 62.1 Å². The molecule has 0 radical (unpaired) electrons. The lowest BCUT2D eigenvalue weighted by atomic mass is 10.1. The summed E-state index contributed by atoms with van der Waals surface area (Å²) < 4.78 is 27.6. The molecule has 10 heteroatoms. The summed E-state index contributed by atoms with van der Waals surface area (Å²) in [4.78, 5) is 12.6. The number of benzene rings is 3. The zero-order valence-corrected chi connectivity index (χ0v) is 19.9. The minimum atomic E-state index is -4.09. The zero-order valence-electron chi connectivity index (χ0n) is 16.8. The molecule has 0 saturated carbocycles. The van der Waals surface area contributed by atoms with Gasteiger partial charge >= 0.3 is 0 Å². The van der Waals surface area contributed by atoms with Gasteiger partial charge in [0, 0.05) is 15.1 Å². The molecule has 1 amide bonds. The second-order valence-corrected chi connectivity index (χ2v) is 9.86. The van der Waals surface area contributed by atoms with Gasteiger partial charge in [0.1, 0.15) is 6.54 Å². The fourth-order valence-corrected chi connectivity index (χ4v) is 4.60. The molecule has 0 aliphatic rings. The van der Waals surface area contributed by atoms with Crippen LogP contribution < -0.4 is 9.73 Å². The van der Waals surface area contributed by atoms with E-state index < -0.39 is 22.5 Å². The molecule has 166 valence electrons. The Balaban J connectivity index is 1.87. The van der Waals surface area contributed by atoms with Gasteiger partial charge in [-0.25, -0.2) is 13.8 Å². The number of carbonyl (C=O) groups is 1. The molecule has 0 unspecified atom stereocenters. The number of sulfonamides is 1. The van der Waals surface area contributed by atoms with E-state index >= 15 is 0 Å². The maximum absolute atomic E-state index is 13.3. The zero-order chi connectivity index (χ0) is 23.3. The van der Waals surface area contributed by atoms with Crippen molar-refractivity contribution in [3.05, 3.63) is 93.4 Å². The van der Waals surface area contributed by atoms with Gasteiger partial charge in [-0.2, -0.15) is 5.10 Å². The lowest BCUT2D eigenvalue weighted by Crippen LogP contribution is -2.39. The molecule has 0 aliphatic carbocycles. The van der Waals surface area contributed by atoms with Gasteiger partial charge in [0.05, 0.1) is 16.3 Å². The van der Waals surface area contributed by atoms with Crippen molar-refractivity contribution in [3.8, 4) is 0 Å². The molecule has 0 atom stereocenters. The number of hydrogen-bond donors (Lipinski definition) is 1. The van der Waals surface area contributed by atoms with Crippen LogP contribution in [0.25, 0.3) is 0 Å². The highest BCUT2D eigenvalue weighted by atomic mass is 35.5. The van der Waals surface area contributed by atoms with Crippen LogP contribution in [0.15, 0.2) is 82.8 Å². The van der Waals surface area contributed by atoms with Gasteiger partial charge in [-0.05, 0) is 67.1 Å². The molecule has 0 aromatic heterocycles. The predicted octanol–water partition coefficient (Wildman–Crippen LogP) is 5.38. The summed E-state index contributed by atoms with van der Waals surface area (Å²) in [5.74, 6) is -0.629. The van der Waals surface area contributed by atoms with Crippen LogP contribution in [0.2, 0.25) is 15.1 Å². The normalized spacial score (nSPS) is 11.8. The maximum Gasteiger partial charge on any atom is 0.264 e. The first-order chi connectivity index (χ1) is 15.2. The van der Waals surface area contributed by atoms with E-state index in [1.165, 1.54) is 30.3 Å². The van der Waals surface area contributed by atoms with Crippen LogP contribution in [-0.4, -0.2) is 26.6 Å². The summed E-state index contributed by atoms with van der Waals surface area (Å²) in [6, 6.07) is 18.8. The molecule has 3 aromatic carbocycles. The van der Waals surface area contributed by atoms with Crippen LogP contribution in [0.1, 0.15) is 12.5 Å². The molecule has 3 rings (SSSR count). The molecular weight excluding hydrogens is 493 g/mol. The molecule has 0 bridgehead atoms. The fourth-order valence-electron chi connectivity index (χ4n) is 2.75. The lowest BCUT2D eigenvalue weighted by Gasteiger charge is -2.24. The molecule has 0 saturated heterocycles. The van der Waals surface area contributed by atoms with Crippen LogP contribution in [0.4, 0.5) is 5.69 Å². The minimum absolute atomic E-state index is 0.0180. The molecule has 32 heavy (non-hydrogen) atoms. The molecule has 0 heterocycles. The number of carbonyl (C=O) groups excluding carboxylic acids is 1. The molecule has 6 nitrogen and oxygen atoms in total. The third-order valence-electron chi connectivity index (χ3n) is 4.40. The number of nitrogens with one attached hydrogen (secondary N) is 1. The Hall–Kier alpha value is -2.58. The van der Waals surface area contributed by atoms with E-state index in [0.717, 1.165) is 9.87 Å². The standard InChI is InChI=1S/C22H18Cl3N3O3S/c1-15(16-5-7-17(23)8-6-16)26-27-22(29)14-28(20-4-2-3-19(25)13-20)32(30,31)21-11-9-18(24)10-12-21/h2-13H,14H2,1H3,(H,27,29)/b26-15-. The highest BCUT2D eigenvalue weighted by Gasteiger charge is 2.27. The lowest BCUT2D eigenvalue weighted by molar-refractivity contribution is -0.119. The Labute approximate surface area is 201 Å². The van der Waals surface area contributed by atoms with Gasteiger partial charge in [-0.3, -0.25) is 9.10 Å². The van der Waals surface area contributed by atoms with Crippen molar-refractivity contribution in [2.45, 2.75) is 11.8 Å². The summed E-state index contributed by atoms with van der Waals surface area (Å²) in [6.07, 6.45) is 0. The van der Waals surface area contributed by atoms with Gasteiger partial charge in [-0.1, -0.05) is 53.0 Å². The predicted molar refractivity (Wildman–Crippen MR) is 129 cm³/mol. The van der Waals surface area contributed by atoms with E-state index in [1.807, 2.05) is 0 Å². The van der Waals surface area contributed by atoms with Crippen LogP contribution in [0.3, 0.4) is 0 Å². The third-order valence-corrected chi connectivity index (χ3v) is 6.92. The number of rotatable bonds is 7. The van der Waals surface area contributed by atoms with E-state index in [-0.39, 0.29) is 10.6 Å². The number of hydrogen-bond acceptors (Lipinski definition) is 4. The largest absolute Gasteiger partial charge is 0.271 e. The maximum atomic E-state index is 13.3. The van der Waals surface area contributed by atoms with Gasteiger partial charge in [-0.15, -0.1) is 0 Å². The van der Waals surface area contributed by atoms with Crippen molar-refractivity contribution in [2.75, 3.05) is 10.8 Å². The van der Waals surface area contributed by atoms with Gasteiger partial charge in [0.2, 0.25) is 0 Å². The fraction of sp³-hybridized carbons (Fsp3) is 0.0909. The summed E-state index contributed by atoms with van der Waals surface area (Å²) in [7, 11) is -4.09. The highest BCUT2D eigenvalue weighted by molar-refractivity contribution is 7.92. The summed E-state index contributed by atoms with van der Waals surface area (Å²) in [5.41, 5.74) is 3.93. The monoisotopic (exact) mass is 509 g/mol. The SMILES string of the molecule is C/C(=N/NC(=O)CN(c1cccc(Cl)c1)S(=O)(=O)c1ccc(Cl)cc1)c1ccc(Cl)cc1. The van der Waals surface area contributed by atoms with Gasteiger partial charge < -0.3 is 0 Å². The van der Waals surface area contributed by atoms with Crippen molar-refractivity contribution in [3.63, 3.8) is 0 Å². The van der Waals surface area contributed by atoms with Crippen LogP contribution >= 0.6 is 34.8 Å². The molecule has 1 N–H and O–H groups in total. The van der Waals surface area contributed by atoms with E-state index in [0.29, 0.717) is 20.8 Å². The first kappa shape index (κ1) is 24.1. The molecule has 0 aliphatic heterocycles. The Bertz CT molecular complexity index is 1250. The summed E-state index contributed by atoms with van der Waals surface area (Å²) in [5, 5.41) is 5.36. The van der Waals surface area contributed by atoms with E-state index in [4.69, 9.17) is 34.8 Å². The second-order valence-electron chi connectivity index (χ2n) is 6.68. The Morgan fingerprint density at radius 3 is 2.09 bits per heavy atom. The van der Waals surface area contributed by atoms with Crippen molar-refractivity contribution in [2.24, 2.45) is 5.10 Å². The Kier molecular flexibility index (Phi) is 7.79. The second kappa shape index (κ2) is 10.4. The minimum Gasteiger partial charge on any atom is -0.271 e. The number of hydrazone groups is 1. The van der Waals surface area contributed by atoms with Gasteiger partial charge in [0.15, 0.2) is 0 Å². The number of anilines is 1. The van der Waals surface area contributed by atoms with Gasteiger partial charge in [0.25, 0.3) is 15.9 Å². The molecule has 0 spiro atoms. The molecule has 0 fully saturated rings. The quantitative estimate of drug-likeness (QED) is 0.342. The van der Waals surface area contributed by atoms with Crippen molar-refractivity contribution < 1.29 is 13.2 Å². The molecule has 3 aromatic rings. The topological polar surface area (TPSA) is 78.8 Å². The van der Waals surface area contributed by atoms with Crippen LogP contribution in [0, 0.1) is 0 Å². The van der Waals surface area contributed by atoms with E-state index in [1.54, 1.807) is 49.4 Å². The first-order valence-electron chi connectivity index (χ1n) is 9.30. The smallest absolute Gasteiger partial charge is 0.264 e.